The number of hydrogen-bond acceptors (Lipinski definition) is 3. The summed E-state index contributed by atoms with van der Waals surface area (Å²) < 4.78 is 43.1. The summed E-state index contributed by atoms with van der Waals surface area (Å²) in [6, 6.07) is 6.34. The molecular weight excluding hydrogens is 299 g/mol. The van der Waals surface area contributed by atoms with Crippen LogP contribution in [0.4, 0.5) is 13.2 Å². The quantitative estimate of drug-likeness (QED) is 0.793. The van der Waals surface area contributed by atoms with E-state index in [1.807, 2.05) is 5.32 Å². The largest absolute Gasteiger partial charge is 0.492 e. The van der Waals surface area contributed by atoms with Gasteiger partial charge in [-0.1, -0.05) is 17.7 Å². The zero-order chi connectivity index (χ0) is 15.4. The van der Waals surface area contributed by atoms with Gasteiger partial charge in [0.05, 0.1) is 0 Å². The van der Waals surface area contributed by atoms with E-state index in [0.29, 0.717) is 17.7 Å². The standard InChI is InChI=1S/C12H13ClF3NO3/c1-11(10(18)19,12(14,15)16)17-5-6-20-9-4-2-3-8(13)7-9/h2-4,7,17H,5-6H2,1H3,(H,18,19). The predicted octanol–water partition coefficient (Wildman–Crippen LogP) is 2.71. The molecule has 0 saturated heterocycles. The summed E-state index contributed by atoms with van der Waals surface area (Å²) in [6.07, 6.45) is -4.91. The number of ether oxygens (including phenoxy) is 1. The Morgan fingerprint density at radius 3 is 2.60 bits per heavy atom. The lowest BCUT2D eigenvalue weighted by Gasteiger charge is -2.28. The average Bonchev–Trinajstić information content (AvgIpc) is 2.32. The van der Waals surface area contributed by atoms with Crippen molar-refractivity contribution in [1.29, 1.82) is 0 Å². The minimum absolute atomic E-state index is 0.126. The van der Waals surface area contributed by atoms with Gasteiger partial charge in [-0.2, -0.15) is 13.2 Å². The molecule has 0 amide bonds. The van der Waals surface area contributed by atoms with E-state index in [4.69, 9.17) is 21.4 Å². The van der Waals surface area contributed by atoms with E-state index >= 15 is 0 Å². The van der Waals surface area contributed by atoms with Crippen LogP contribution in [-0.2, 0) is 4.79 Å². The van der Waals surface area contributed by atoms with Gasteiger partial charge in [0.2, 0.25) is 5.54 Å². The maximum absolute atomic E-state index is 12.7. The number of rotatable bonds is 6. The second kappa shape index (κ2) is 6.32. The Kier molecular flexibility index (Phi) is 5.24. The van der Waals surface area contributed by atoms with Crippen LogP contribution in [0.5, 0.6) is 5.75 Å². The number of nitrogens with one attached hydrogen (secondary N) is 1. The molecule has 8 heteroatoms. The maximum Gasteiger partial charge on any atom is 0.417 e. The van der Waals surface area contributed by atoms with Gasteiger partial charge < -0.3 is 9.84 Å². The second-order valence-electron chi connectivity index (χ2n) is 4.16. The van der Waals surface area contributed by atoms with Crippen LogP contribution in [-0.4, -0.2) is 35.9 Å². The van der Waals surface area contributed by atoms with Gasteiger partial charge in [0.15, 0.2) is 0 Å². The molecule has 1 aromatic rings. The highest BCUT2D eigenvalue weighted by atomic mass is 35.5. The zero-order valence-electron chi connectivity index (χ0n) is 10.5. The van der Waals surface area contributed by atoms with Crippen LogP contribution in [0.25, 0.3) is 0 Å². The van der Waals surface area contributed by atoms with E-state index in [-0.39, 0.29) is 13.2 Å². The Bertz CT molecular complexity index is 481. The van der Waals surface area contributed by atoms with Crippen LogP contribution in [0.2, 0.25) is 5.02 Å². The lowest BCUT2D eigenvalue weighted by molar-refractivity contribution is -0.206. The third-order valence-electron chi connectivity index (χ3n) is 2.64. The molecule has 0 aromatic heterocycles. The molecule has 0 aliphatic carbocycles. The molecule has 0 saturated carbocycles. The number of carboxylic acids is 1. The summed E-state index contributed by atoms with van der Waals surface area (Å²) >= 11 is 5.71. The third kappa shape index (κ3) is 4.01. The molecule has 0 spiro atoms. The van der Waals surface area contributed by atoms with Gasteiger partial charge in [-0.3, -0.25) is 5.32 Å². The number of hydrogen-bond donors (Lipinski definition) is 2. The van der Waals surface area contributed by atoms with Gasteiger partial charge in [0, 0.05) is 11.6 Å². The summed E-state index contributed by atoms with van der Waals surface area (Å²) in [7, 11) is 0. The van der Waals surface area contributed by atoms with E-state index in [1.54, 1.807) is 18.2 Å². The molecule has 1 unspecified atom stereocenters. The molecule has 20 heavy (non-hydrogen) atoms. The van der Waals surface area contributed by atoms with Crippen molar-refractivity contribution < 1.29 is 27.8 Å². The highest BCUT2D eigenvalue weighted by Gasteiger charge is 2.57. The van der Waals surface area contributed by atoms with Crippen molar-refractivity contribution in [2.45, 2.75) is 18.6 Å². The van der Waals surface area contributed by atoms with Crippen LogP contribution in [0.3, 0.4) is 0 Å². The molecule has 0 aliphatic heterocycles. The molecule has 0 radical (unpaired) electrons. The predicted molar refractivity (Wildman–Crippen MR) is 67.0 cm³/mol. The van der Waals surface area contributed by atoms with Gasteiger partial charge in [0.1, 0.15) is 12.4 Å². The smallest absolute Gasteiger partial charge is 0.417 e. The summed E-state index contributed by atoms with van der Waals surface area (Å²) in [4.78, 5) is 10.7. The Morgan fingerprint density at radius 1 is 1.45 bits per heavy atom. The molecule has 0 bridgehead atoms. The van der Waals surface area contributed by atoms with E-state index < -0.39 is 17.7 Å². The monoisotopic (exact) mass is 311 g/mol. The highest BCUT2D eigenvalue weighted by Crippen LogP contribution is 2.30. The van der Waals surface area contributed by atoms with Crippen LogP contribution in [0.15, 0.2) is 24.3 Å². The Labute approximate surface area is 118 Å². The first kappa shape index (κ1) is 16.6. The molecule has 0 aliphatic rings. The second-order valence-corrected chi connectivity index (χ2v) is 4.60. The van der Waals surface area contributed by atoms with Crippen molar-refractivity contribution in [2.75, 3.05) is 13.2 Å². The Hall–Kier alpha value is -1.47. The average molecular weight is 312 g/mol. The van der Waals surface area contributed by atoms with E-state index in [1.165, 1.54) is 6.07 Å². The third-order valence-corrected chi connectivity index (χ3v) is 2.88. The first-order valence-electron chi connectivity index (χ1n) is 5.60. The number of halogens is 4. The number of alkyl halides is 3. The highest BCUT2D eigenvalue weighted by molar-refractivity contribution is 6.30. The topological polar surface area (TPSA) is 58.6 Å². The fourth-order valence-corrected chi connectivity index (χ4v) is 1.50. The van der Waals surface area contributed by atoms with Crippen molar-refractivity contribution >= 4 is 17.6 Å². The lowest BCUT2D eigenvalue weighted by Crippen LogP contribution is -2.60. The van der Waals surface area contributed by atoms with Gasteiger partial charge in [0.25, 0.3) is 0 Å². The Morgan fingerprint density at radius 2 is 2.10 bits per heavy atom. The van der Waals surface area contributed by atoms with Crippen molar-refractivity contribution in [3.8, 4) is 5.75 Å². The first-order valence-corrected chi connectivity index (χ1v) is 5.98. The number of benzene rings is 1. The number of carboxylic acid groups (broad SMARTS) is 1. The minimum atomic E-state index is -4.91. The molecule has 0 fully saturated rings. The van der Waals surface area contributed by atoms with Gasteiger partial charge in [-0.05, 0) is 25.1 Å². The molecule has 2 N–H and O–H groups in total. The van der Waals surface area contributed by atoms with Crippen molar-refractivity contribution in [3.05, 3.63) is 29.3 Å². The van der Waals surface area contributed by atoms with Crippen LogP contribution < -0.4 is 10.1 Å². The maximum atomic E-state index is 12.7. The molecule has 1 atom stereocenters. The summed E-state index contributed by atoms with van der Waals surface area (Å²) in [5, 5.41) is 11.0. The van der Waals surface area contributed by atoms with Gasteiger partial charge >= 0.3 is 12.1 Å². The van der Waals surface area contributed by atoms with Crippen LogP contribution in [0, 0.1) is 0 Å². The summed E-state index contributed by atoms with van der Waals surface area (Å²) in [5.74, 6) is -1.60. The van der Waals surface area contributed by atoms with Gasteiger partial charge in [-0.15, -0.1) is 0 Å². The first-order chi connectivity index (χ1) is 9.17. The Balaban J connectivity index is 2.52. The van der Waals surface area contributed by atoms with Crippen molar-refractivity contribution in [3.63, 3.8) is 0 Å². The number of carbonyl (C=O) groups is 1. The summed E-state index contributed by atoms with van der Waals surface area (Å²) in [5.41, 5.74) is -3.01. The molecule has 4 nitrogen and oxygen atoms in total. The SMILES string of the molecule is CC(NCCOc1cccc(Cl)c1)(C(=O)O)C(F)(F)F. The fraction of sp³-hybridized carbons (Fsp3) is 0.417. The van der Waals surface area contributed by atoms with Gasteiger partial charge in [-0.25, -0.2) is 4.79 Å². The number of aliphatic carboxylic acids is 1. The molecule has 1 aromatic carbocycles. The summed E-state index contributed by atoms with van der Waals surface area (Å²) in [6.45, 7) is 0.156. The molecular formula is C12H13ClF3NO3. The normalized spacial score (nSPS) is 14.7. The van der Waals surface area contributed by atoms with Crippen molar-refractivity contribution in [1.82, 2.24) is 5.32 Å². The molecule has 112 valence electrons. The van der Waals surface area contributed by atoms with Crippen LogP contribution in [0.1, 0.15) is 6.92 Å². The van der Waals surface area contributed by atoms with E-state index in [2.05, 4.69) is 0 Å². The zero-order valence-corrected chi connectivity index (χ0v) is 11.3. The molecule has 1 rings (SSSR count). The fourth-order valence-electron chi connectivity index (χ4n) is 1.32. The van der Waals surface area contributed by atoms with E-state index in [9.17, 15) is 18.0 Å². The lowest BCUT2D eigenvalue weighted by atomic mass is 10.0. The minimum Gasteiger partial charge on any atom is -0.492 e. The van der Waals surface area contributed by atoms with Crippen LogP contribution >= 0.6 is 11.6 Å². The molecule has 0 heterocycles. The van der Waals surface area contributed by atoms with E-state index in [0.717, 1.165) is 0 Å². The van der Waals surface area contributed by atoms with Crippen molar-refractivity contribution in [2.24, 2.45) is 0 Å².